The van der Waals surface area contributed by atoms with E-state index in [-0.39, 0.29) is 10.9 Å². The zero-order valence-electron chi connectivity index (χ0n) is 7.33. The molecule has 0 saturated carbocycles. The van der Waals surface area contributed by atoms with Gasteiger partial charge in [0.1, 0.15) is 10.9 Å². The van der Waals surface area contributed by atoms with Gasteiger partial charge in [0.05, 0.1) is 0 Å². The van der Waals surface area contributed by atoms with Gasteiger partial charge in [-0.05, 0) is 20.8 Å². The molecule has 0 aromatic carbocycles. The number of carbonyl (C=O) groups is 2. The fourth-order valence-electron chi connectivity index (χ4n) is 0.144. The second-order valence-corrected chi connectivity index (χ2v) is 3.41. The van der Waals surface area contributed by atoms with Gasteiger partial charge in [0, 0.05) is 0 Å². The monoisotopic (exact) mass is 240 g/mol. The molecule has 5 heteroatoms. The fraction of sp³-hybridized carbons (Fsp3) is 0.714. The van der Waals surface area contributed by atoms with Crippen LogP contribution in [-0.2, 0) is 14.3 Å². The molecule has 0 radical (unpaired) electrons. The summed E-state index contributed by atoms with van der Waals surface area (Å²) in [5.41, 5.74) is -0.318. The maximum atomic E-state index is 9.60. The summed E-state index contributed by atoms with van der Waals surface area (Å²) in [6.07, 6.45) is 0. The van der Waals surface area contributed by atoms with Crippen molar-refractivity contribution in [3.63, 3.8) is 0 Å². The Kier molecular flexibility index (Phi) is 8.26. The fourth-order valence-corrected chi connectivity index (χ4v) is 0.144. The Bertz CT molecular complexity index is 139. The molecule has 0 heterocycles. The third-order valence-electron chi connectivity index (χ3n) is 0.516. The number of carbonyl (C=O) groups excluding carboxylic acids is 1. The first-order valence-corrected chi connectivity index (χ1v) is 4.35. The summed E-state index contributed by atoms with van der Waals surface area (Å²) in [6, 6.07) is 0. The van der Waals surface area contributed by atoms with Crippen molar-refractivity contribution < 1.29 is 19.4 Å². The highest BCUT2D eigenvalue weighted by Gasteiger charge is 2.07. The van der Waals surface area contributed by atoms with E-state index in [1.54, 1.807) is 0 Å². The molecular weight excluding hydrogens is 228 g/mol. The first-order valence-electron chi connectivity index (χ1n) is 3.22. The molecule has 0 bridgehead atoms. The highest BCUT2D eigenvalue weighted by molar-refractivity contribution is 9.09. The third-order valence-corrected chi connectivity index (χ3v) is 0.996. The lowest BCUT2D eigenvalue weighted by Crippen LogP contribution is -2.17. The van der Waals surface area contributed by atoms with Crippen molar-refractivity contribution in [1.29, 1.82) is 0 Å². The summed E-state index contributed by atoms with van der Waals surface area (Å²) >= 11 is 2.71. The summed E-state index contributed by atoms with van der Waals surface area (Å²) in [5.74, 6) is -0.829. The molecule has 0 atom stereocenters. The number of rotatable bonds is 2. The van der Waals surface area contributed by atoms with Crippen LogP contribution in [-0.4, -0.2) is 28.5 Å². The zero-order valence-corrected chi connectivity index (χ0v) is 8.92. The van der Waals surface area contributed by atoms with Gasteiger partial charge >= 0.3 is 5.97 Å². The molecule has 4 nitrogen and oxygen atoms in total. The lowest BCUT2D eigenvalue weighted by Gasteiger charge is -2.14. The summed E-state index contributed by atoms with van der Waals surface area (Å²) in [7, 11) is 0. The number of carboxylic acids is 1. The predicted octanol–water partition coefficient (Wildman–Crippen LogP) is 1.42. The molecule has 0 spiro atoms. The van der Waals surface area contributed by atoms with Crippen LogP contribution in [0.25, 0.3) is 0 Å². The first-order chi connectivity index (χ1) is 5.33. The number of hydrogen-bond acceptors (Lipinski definition) is 3. The summed E-state index contributed by atoms with van der Waals surface area (Å²) in [6.45, 7) is 5.92. The van der Waals surface area contributed by atoms with Gasteiger partial charge in [-0.3, -0.25) is 9.59 Å². The van der Waals surface area contributed by atoms with E-state index in [4.69, 9.17) is 5.11 Å². The van der Waals surface area contributed by atoms with Crippen LogP contribution in [0.15, 0.2) is 0 Å². The average Bonchev–Trinajstić information content (AvgIpc) is 1.86. The Labute approximate surface area is 80.0 Å². The lowest BCUT2D eigenvalue weighted by atomic mass is 10.2. The minimum absolute atomic E-state index is 0.0347. The van der Waals surface area contributed by atoms with Crippen LogP contribution in [0.2, 0.25) is 0 Å². The predicted molar refractivity (Wildman–Crippen MR) is 48.3 cm³/mol. The van der Waals surface area contributed by atoms with Crippen molar-refractivity contribution in [2.24, 2.45) is 0 Å². The number of hydrogen-bond donors (Lipinski definition) is 1. The van der Waals surface area contributed by atoms with Gasteiger partial charge in [-0.25, -0.2) is 0 Å². The average molecular weight is 241 g/mol. The van der Waals surface area contributed by atoms with E-state index >= 15 is 0 Å². The summed E-state index contributed by atoms with van der Waals surface area (Å²) in [5, 5.41) is 7.71. The maximum Gasteiger partial charge on any atom is 0.314 e. The van der Waals surface area contributed by atoms with Crippen molar-refractivity contribution in [2.45, 2.75) is 26.4 Å². The van der Waals surface area contributed by atoms with E-state index in [1.807, 2.05) is 20.8 Å². The van der Waals surface area contributed by atoms with Crippen LogP contribution < -0.4 is 0 Å². The van der Waals surface area contributed by atoms with Crippen LogP contribution in [0, 0.1) is 0 Å². The number of carboxylic acid groups (broad SMARTS) is 1. The van der Waals surface area contributed by atoms with E-state index in [0.717, 1.165) is 0 Å². The summed E-state index contributed by atoms with van der Waals surface area (Å²) in [4.78, 5) is 18.9. The second kappa shape index (κ2) is 7.09. The van der Waals surface area contributed by atoms with Gasteiger partial charge in [-0.15, -0.1) is 0 Å². The van der Waals surface area contributed by atoms with Crippen molar-refractivity contribution in [2.75, 3.05) is 5.33 Å². The Balaban J connectivity index is 0. The largest absolute Gasteiger partial charge is 0.481 e. The lowest BCUT2D eigenvalue weighted by molar-refractivity contribution is -0.138. The number of alkyl halides is 1. The van der Waals surface area contributed by atoms with Crippen LogP contribution in [0.5, 0.6) is 0 Å². The molecule has 0 amide bonds. The molecule has 0 fully saturated rings. The van der Waals surface area contributed by atoms with Gasteiger partial charge in [0.15, 0.2) is 0 Å². The quantitative estimate of drug-likeness (QED) is 0.586. The van der Waals surface area contributed by atoms with Crippen LogP contribution in [0.3, 0.4) is 0 Å². The van der Waals surface area contributed by atoms with Crippen molar-refractivity contribution in [3.8, 4) is 0 Å². The standard InChI is InChI=1S/C5H10O2.C2H3BrO2/c1-5(2,3)7-4-6;3-1-2(4)5/h4H,1-3H3;1H2,(H,4,5). The highest BCUT2D eigenvalue weighted by Crippen LogP contribution is 2.02. The molecule has 0 unspecified atom stereocenters. The van der Waals surface area contributed by atoms with Gasteiger partial charge in [-0.2, -0.15) is 0 Å². The van der Waals surface area contributed by atoms with Crippen LogP contribution >= 0.6 is 15.9 Å². The molecule has 12 heavy (non-hydrogen) atoms. The smallest absolute Gasteiger partial charge is 0.314 e. The molecule has 0 rings (SSSR count). The van der Waals surface area contributed by atoms with Gasteiger partial charge in [-0.1, -0.05) is 15.9 Å². The number of ether oxygens (including phenoxy) is 1. The van der Waals surface area contributed by atoms with Crippen LogP contribution in [0.1, 0.15) is 20.8 Å². The Morgan fingerprint density at radius 1 is 1.58 bits per heavy atom. The molecule has 0 aliphatic carbocycles. The van der Waals surface area contributed by atoms with Gasteiger partial charge < -0.3 is 9.84 Å². The Morgan fingerprint density at radius 3 is 1.92 bits per heavy atom. The molecule has 0 aliphatic heterocycles. The SMILES string of the molecule is CC(C)(C)OC=O.O=C(O)CBr. The molecule has 0 aliphatic rings. The molecule has 0 aromatic rings. The van der Waals surface area contributed by atoms with Crippen LogP contribution in [0.4, 0.5) is 0 Å². The maximum absolute atomic E-state index is 9.60. The minimum Gasteiger partial charge on any atom is -0.481 e. The molecule has 72 valence electrons. The van der Waals surface area contributed by atoms with Gasteiger partial charge in [0.2, 0.25) is 0 Å². The second-order valence-electron chi connectivity index (χ2n) is 2.85. The Hall–Kier alpha value is -0.580. The summed E-state index contributed by atoms with van der Waals surface area (Å²) < 4.78 is 4.55. The van der Waals surface area contributed by atoms with Crippen molar-refractivity contribution in [3.05, 3.63) is 0 Å². The van der Waals surface area contributed by atoms with Crippen molar-refractivity contribution >= 4 is 28.4 Å². The highest BCUT2D eigenvalue weighted by atomic mass is 79.9. The van der Waals surface area contributed by atoms with E-state index in [1.165, 1.54) is 0 Å². The van der Waals surface area contributed by atoms with E-state index in [0.29, 0.717) is 6.47 Å². The zero-order chi connectivity index (χ0) is 10.2. The number of halogens is 1. The third kappa shape index (κ3) is 22.7. The van der Waals surface area contributed by atoms with Gasteiger partial charge in [0.25, 0.3) is 6.47 Å². The van der Waals surface area contributed by atoms with Crippen molar-refractivity contribution in [1.82, 2.24) is 0 Å². The number of aliphatic carboxylic acids is 1. The minimum atomic E-state index is -0.829. The van der Waals surface area contributed by atoms with E-state index in [2.05, 4.69) is 20.7 Å². The molecule has 0 saturated heterocycles. The molecule has 0 aromatic heterocycles. The molecule has 1 N–H and O–H groups in total. The Morgan fingerprint density at radius 2 is 1.92 bits per heavy atom. The van der Waals surface area contributed by atoms with E-state index in [9.17, 15) is 9.59 Å². The van der Waals surface area contributed by atoms with E-state index < -0.39 is 5.97 Å². The normalized spacial score (nSPS) is 9.33. The topological polar surface area (TPSA) is 63.6 Å². The molecular formula is C7H13BrO4. The first kappa shape index (κ1) is 14.0.